The van der Waals surface area contributed by atoms with E-state index in [2.05, 4.69) is 0 Å². The molecule has 2 rings (SSSR count). The number of nitrogens with zero attached hydrogens (tertiary/aromatic N) is 1. The molecule has 0 spiro atoms. The minimum absolute atomic E-state index is 0.0596. The van der Waals surface area contributed by atoms with Gasteiger partial charge >= 0.3 is 0 Å². The molecule has 2 aromatic rings. The summed E-state index contributed by atoms with van der Waals surface area (Å²) in [5.41, 5.74) is 0.413. The van der Waals surface area contributed by atoms with Gasteiger partial charge in [0.05, 0.1) is 16.6 Å². The van der Waals surface area contributed by atoms with Gasteiger partial charge in [0.2, 0.25) is 0 Å². The van der Waals surface area contributed by atoms with E-state index in [1.165, 1.54) is 23.9 Å². The number of nitro benzene ring substituents is 1. The molecule has 2 aromatic carbocycles. The van der Waals surface area contributed by atoms with Crippen LogP contribution in [0.15, 0.2) is 46.2 Å². The van der Waals surface area contributed by atoms with Gasteiger partial charge in [0.15, 0.2) is 0 Å². The zero-order valence-electron chi connectivity index (χ0n) is 10.0. The number of benzene rings is 2. The van der Waals surface area contributed by atoms with Crippen molar-refractivity contribution in [2.75, 3.05) is 0 Å². The van der Waals surface area contributed by atoms with Crippen LogP contribution in [-0.2, 0) is 6.61 Å². The molecule has 0 bridgehead atoms. The SMILES string of the molecule is O=[N+]([O-])c1ccc(Sc2cc(Cl)ccc2Cl)c(CO)c1. The monoisotopic (exact) mass is 329 g/mol. The number of aliphatic hydroxyl groups excluding tert-OH is 1. The van der Waals surface area contributed by atoms with Crippen LogP contribution in [-0.4, -0.2) is 10.0 Å². The predicted molar refractivity (Wildman–Crippen MR) is 79.6 cm³/mol. The summed E-state index contributed by atoms with van der Waals surface area (Å²) in [6.45, 7) is -0.289. The van der Waals surface area contributed by atoms with E-state index in [0.717, 1.165) is 4.90 Å². The predicted octanol–water partition coefficient (Wildman–Crippen LogP) is 4.55. The third kappa shape index (κ3) is 3.43. The van der Waals surface area contributed by atoms with Gasteiger partial charge < -0.3 is 5.11 Å². The molecule has 0 aliphatic heterocycles. The highest BCUT2D eigenvalue weighted by Crippen LogP contribution is 2.37. The zero-order chi connectivity index (χ0) is 14.7. The molecule has 20 heavy (non-hydrogen) atoms. The lowest BCUT2D eigenvalue weighted by Gasteiger charge is -2.08. The second-order valence-electron chi connectivity index (χ2n) is 3.88. The van der Waals surface area contributed by atoms with E-state index in [1.54, 1.807) is 24.3 Å². The van der Waals surface area contributed by atoms with Gasteiger partial charge in [0, 0.05) is 26.9 Å². The van der Waals surface area contributed by atoms with Crippen LogP contribution in [0.25, 0.3) is 0 Å². The molecule has 0 unspecified atom stereocenters. The average Bonchev–Trinajstić information content (AvgIpc) is 2.43. The highest BCUT2D eigenvalue weighted by atomic mass is 35.5. The van der Waals surface area contributed by atoms with E-state index < -0.39 is 4.92 Å². The Bertz CT molecular complexity index is 664. The van der Waals surface area contributed by atoms with E-state index >= 15 is 0 Å². The summed E-state index contributed by atoms with van der Waals surface area (Å²) in [6.07, 6.45) is 0. The van der Waals surface area contributed by atoms with Crippen molar-refractivity contribution in [1.29, 1.82) is 0 Å². The first-order valence-electron chi connectivity index (χ1n) is 5.52. The maximum atomic E-state index is 10.7. The highest BCUT2D eigenvalue weighted by molar-refractivity contribution is 7.99. The first kappa shape index (κ1) is 15.1. The molecule has 0 fully saturated rings. The second kappa shape index (κ2) is 6.45. The maximum Gasteiger partial charge on any atom is 0.269 e. The molecule has 0 amide bonds. The number of nitro groups is 1. The molecular weight excluding hydrogens is 321 g/mol. The molecule has 0 radical (unpaired) electrons. The Kier molecular flexibility index (Phi) is 4.88. The van der Waals surface area contributed by atoms with E-state index in [0.29, 0.717) is 20.5 Å². The van der Waals surface area contributed by atoms with E-state index in [1.807, 2.05) is 0 Å². The standard InChI is InChI=1S/C13H9Cl2NO3S/c14-9-1-3-11(15)13(6-9)20-12-4-2-10(16(18)19)5-8(12)7-17/h1-6,17H,7H2. The van der Waals surface area contributed by atoms with Crippen molar-refractivity contribution >= 4 is 40.7 Å². The van der Waals surface area contributed by atoms with Gasteiger partial charge in [-0.25, -0.2) is 0 Å². The van der Waals surface area contributed by atoms with Gasteiger partial charge in [0.25, 0.3) is 5.69 Å². The summed E-state index contributed by atoms with van der Waals surface area (Å²) in [5, 5.41) is 21.1. The van der Waals surface area contributed by atoms with E-state index in [-0.39, 0.29) is 12.3 Å². The average molecular weight is 330 g/mol. The van der Waals surface area contributed by atoms with Crippen molar-refractivity contribution in [2.24, 2.45) is 0 Å². The van der Waals surface area contributed by atoms with Gasteiger partial charge in [-0.2, -0.15) is 0 Å². The molecule has 104 valence electrons. The van der Waals surface area contributed by atoms with Crippen molar-refractivity contribution in [3.63, 3.8) is 0 Å². The van der Waals surface area contributed by atoms with Gasteiger partial charge in [-0.1, -0.05) is 35.0 Å². The number of hydrogen-bond donors (Lipinski definition) is 1. The Morgan fingerprint density at radius 2 is 1.90 bits per heavy atom. The molecular formula is C13H9Cl2NO3S. The second-order valence-corrected chi connectivity index (χ2v) is 5.81. The molecule has 0 saturated heterocycles. The van der Waals surface area contributed by atoms with Gasteiger partial charge in [-0.05, 0) is 29.8 Å². The third-order valence-corrected chi connectivity index (χ3v) is 4.39. The summed E-state index contributed by atoms with van der Waals surface area (Å²) < 4.78 is 0. The molecule has 0 heterocycles. The minimum Gasteiger partial charge on any atom is -0.392 e. The van der Waals surface area contributed by atoms with Crippen molar-refractivity contribution in [3.05, 3.63) is 62.1 Å². The Morgan fingerprint density at radius 1 is 1.15 bits per heavy atom. The molecule has 0 aliphatic carbocycles. The van der Waals surface area contributed by atoms with Crippen LogP contribution in [0.2, 0.25) is 10.0 Å². The molecule has 0 atom stereocenters. The van der Waals surface area contributed by atoms with E-state index in [4.69, 9.17) is 23.2 Å². The number of non-ortho nitro benzene ring substituents is 1. The summed E-state index contributed by atoms with van der Waals surface area (Å²) in [4.78, 5) is 11.6. The summed E-state index contributed by atoms with van der Waals surface area (Å²) in [7, 11) is 0. The van der Waals surface area contributed by atoms with Gasteiger partial charge in [-0.3, -0.25) is 10.1 Å². The maximum absolute atomic E-state index is 10.7. The quantitative estimate of drug-likeness (QED) is 0.660. The fourth-order valence-corrected chi connectivity index (χ4v) is 3.03. The van der Waals surface area contributed by atoms with Crippen LogP contribution in [0.3, 0.4) is 0 Å². The van der Waals surface area contributed by atoms with Crippen LogP contribution in [0.1, 0.15) is 5.56 Å². The Labute approximate surface area is 129 Å². The largest absolute Gasteiger partial charge is 0.392 e. The molecule has 1 N–H and O–H groups in total. The van der Waals surface area contributed by atoms with Crippen LogP contribution >= 0.6 is 35.0 Å². The van der Waals surface area contributed by atoms with Crippen molar-refractivity contribution < 1.29 is 10.0 Å². The summed E-state index contributed by atoms with van der Waals surface area (Å²) in [6, 6.07) is 9.39. The Balaban J connectivity index is 2.38. The summed E-state index contributed by atoms with van der Waals surface area (Å²) in [5.74, 6) is 0. The lowest BCUT2D eigenvalue weighted by Crippen LogP contribution is -1.93. The number of hydrogen-bond acceptors (Lipinski definition) is 4. The van der Waals surface area contributed by atoms with Crippen molar-refractivity contribution in [2.45, 2.75) is 16.4 Å². The van der Waals surface area contributed by atoms with Crippen molar-refractivity contribution in [3.8, 4) is 0 Å². The van der Waals surface area contributed by atoms with E-state index in [9.17, 15) is 15.2 Å². The normalized spacial score (nSPS) is 10.6. The van der Waals surface area contributed by atoms with Crippen LogP contribution in [0, 0.1) is 10.1 Å². The van der Waals surface area contributed by atoms with Crippen LogP contribution in [0.4, 0.5) is 5.69 Å². The lowest BCUT2D eigenvalue weighted by atomic mass is 10.2. The highest BCUT2D eigenvalue weighted by Gasteiger charge is 2.12. The first-order chi connectivity index (χ1) is 9.51. The minimum atomic E-state index is -0.500. The number of aliphatic hydroxyl groups is 1. The summed E-state index contributed by atoms with van der Waals surface area (Å²) >= 11 is 13.3. The number of halogens is 2. The fourth-order valence-electron chi connectivity index (χ4n) is 1.58. The Morgan fingerprint density at radius 3 is 2.55 bits per heavy atom. The van der Waals surface area contributed by atoms with Gasteiger partial charge in [-0.15, -0.1) is 0 Å². The lowest BCUT2D eigenvalue weighted by molar-refractivity contribution is -0.385. The van der Waals surface area contributed by atoms with Crippen LogP contribution in [0.5, 0.6) is 0 Å². The third-order valence-electron chi connectivity index (χ3n) is 2.54. The topological polar surface area (TPSA) is 63.4 Å². The molecule has 0 aromatic heterocycles. The van der Waals surface area contributed by atoms with Gasteiger partial charge in [0.1, 0.15) is 0 Å². The van der Waals surface area contributed by atoms with Crippen molar-refractivity contribution in [1.82, 2.24) is 0 Å². The molecule has 7 heteroatoms. The van der Waals surface area contributed by atoms with Crippen LogP contribution < -0.4 is 0 Å². The Hall–Kier alpha value is -1.27. The number of rotatable bonds is 4. The molecule has 0 saturated carbocycles. The smallest absolute Gasteiger partial charge is 0.269 e. The molecule has 4 nitrogen and oxygen atoms in total. The fraction of sp³-hybridized carbons (Fsp3) is 0.0769. The molecule has 0 aliphatic rings. The first-order valence-corrected chi connectivity index (χ1v) is 7.09. The zero-order valence-corrected chi connectivity index (χ0v) is 12.4.